The average molecular weight is 661 g/mol. The smallest absolute Gasteiger partial charge is 0.407 e. The van der Waals surface area contributed by atoms with Gasteiger partial charge >= 0.3 is 6.09 Å². The monoisotopic (exact) mass is 660 g/mol. The molecule has 1 N–H and O–H groups in total. The summed E-state index contributed by atoms with van der Waals surface area (Å²) in [6, 6.07) is 6.59. The SMILES string of the molecule is CC(=O)N1CCn2c(C3CCOCC3)nc(-c3ccnc4cc(N5CCC(OCCCCNC(=O)OC(C)(C)C)CC5)c(C)cc34)c2C1. The molecule has 260 valence electrons. The van der Waals surface area contributed by atoms with E-state index in [1.54, 1.807) is 6.92 Å². The summed E-state index contributed by atoms with van der Waals surface area (Å²) in [6.07, 6.45) is 7.43. The van der Waals surface area contributed by atoms with E-state index in [2.05, 4.69) is 39.9 Å². The Labute approximate surface area is 284 Å². The van der Waals surface area contributed by atoms with Gasteiger partial charge in [-0.2, -0.15) is 0 Å². The average Bonchev–Trinajstić information content (AvgIpc) is 3.44. The molecule has 2 amide bonds. The second kappa shape index (κ2) is 14.8. The molecule has 0 atom stereocenters. The van der Waals surface area contributed by atoms with Gasteiger partial charge in [0.1, 0.15) is 11.4 Å². The summed E-state index contributed by atoms with van der Waals surface area (Å²) in [5, 5.41) is 3.91. The second-order valence-corrected chi connectivity index (χ2v) is 14.5. The van der Waals surface area contributed by atoms with E-state index in [0.29, 0.717) is 32.2 Å². The van der Waals surface area contributed by atoms with E-state index in [0.717, 1.165) is 105 Å². The van der Waals surface area contributed by atoms with Crippen molar-refractivity contribution in [3.05, 3.63) is 41.5 Å². The first kappa shape index (κ1) is 34.2. The number of aryl methyl sites for hydroxylation is 1. The minimum absolute atomic E-state index is 0.0999. The van der Waals surface area contributed by atoms with Crippen molar-refractivity contribution in [2.24, 2.45) is 0 Å². The van der Waals surface area contributed by atoms with Gasteiger partial charge in [-0.25, -0.2) is 9.78 Å². The number of imidazole rings is 1. The summed E-state index contributed by atoms with van der Waals surface area (Å²) in [7, 11) is 0. The molecule has 2 saturated heterocycles. The van der Waals surface area contributed by atoms with Crippen LogP contribution < -0.4 is 10.2 Å². The van der Waals surface area contributed by atoms with Crippen LogP contribution in [0.15, 0.2) is 24.4 Å². The molecule has 0 aliphatic carbocycles. The number of amides is 2. The standard InChI is InChI=1S/C37H52N6O5/c1-25-22-30-29(34-33-24-42(26(2)44)17-18-43(33)35(40-34)27-11-20-46-21-12-27)8-14-38-31(30)23-32(25)41-15-9-28(10-16-41)47-19-7-6-13-39-36(45)48-37(3,4)5/h8,14,22-23,27-28H,6-7,9-13,15-21,24H2,1-5H3,(H,39,45). The second-order valence-electron chi connectivity index (χ2n) is 14.5. The van der Waals surface area contributed by atoms with E-state index in [1.807, 2.05) is 31.9 Å². The van der Waals surface area contributed by atoms with E-state index >= 15 is 0 Å². The molecule has 1 aromatic carbocycles. The molecule has 3 aliphatic rings. The first-order valence-electron chi connectivity index (χ1n) is 17.7. The molecule has 3 aromatic rings. The Morgan fingerprint density at radius 2 is 1.81 bits per heavy atom. The Hall–Kier alpha value is -3.70. The molecule has 48 heavy (non-hydrogen) atoms. The Morgan fingerprint density at radius 1 is 1.04 bits per heavy atom. The van der Waals surface area contributed by atoms with Crippen molar-refractivity contribution in [2.75, 3.05) is 50.9 Å². The van der Waals surface area contributed by atoms with Crippen LogP contribution in [-0.2, 0) is 32.1 Å². The van der Waals surface area contributed by atoms with Gasteiger partial charge in [0.25, 0.3) is 0 Å². The fourth-order valence-corrected chi connectivity index (χ4v) is 7.23. The molecule has 2 aromatic heterocycles. The normalized spacial score (nSPS) is 17.9. The van der Waals surface area contributed by atoms with Crippen molar-refractivity contribution in [1.82, 2.24) is 24.8 Å². The van der Waals surface area contributed by atoms with E-state index in [1.165, 1.54) is 11.3 Å². The molecular weight excluding hydrogens is 608 g/mol. The zero-order chi connectivity index (χ0) is 33.8. The van der Waals surface area contributed by atoms with Gasteiger partial charge in [0.2, 0.25) is 5.91 Å². The zero-order valence-corrected chi connectivity index (χ0v) is 29.3. The lowest BCUT2D eigenvalue weighted by Gasteiger charge is -2.34. The number of anilines is 1. The number of aromatic nitrogens is 3. The third-order valence-electron chi connectivity index (χ3n) is 9.76. The number of alkyl carbamates (subject to hydrolysis) is 1. The van der Waals surface area contributed by atoms with Crippen molar-refractivity contribution in [2.45, 2.75) is 104 Å². The predicted molar refractivity (Wildman–Crippen MR) is 186 cm³/mol. The Morgan fingerprint density at radius 3 is 2.54 bits per heavy atom. The van der Waals surface area contributed by atoms with Crippen molar-refractivity contribution in [1.29, 1.82) is 0 Å². The Kier molecular flexibility index (Phi) is 10.6. The number of hydrogen-bond acceptors (Lipinski definition) is 8. The summed E-state index contributed by atoms with van der Waals surface area (Å²) < 4.78 is 19.5. The maximum absolute atomic E-state index is 12.4. The first-order valence-corrected chi connectivity index (χ1v) is 17.7. The number of nitrogens with one attached hydrogen (secondary N) is 1. The maximum Gasteiger partial charge on any atom is 0.407 e. The number of nitrogens with zero attached hydrogens (tertiary/aromatic N) is 5. The van der Waals surface area contributed by atoms with E-state index < -0.39 is 5.60 Å². The van der Waals surface area contributed by atoms with Gasteiger partial charge in [0, 0.05) is 88.2 Å². The maximum atomic E-state index is 12.4. The van der Waals surface area contributed by atoms with Crippen LogP contribution >= 0.6 is 0 Å². The highest BCUT2D eigenvalue weighted by molar-refractivity contribution is 5.96. The van der Waals surface area contributed by atoms with Crippen LogP contribution in [0.4, 0.5) is 10.5 Å². The lowest BCUT2D eigenvalue weighted by atomic mass is 9.99. The van der Waals surface area contributed by atoms with Crippen LogP contribution in [0.1, 0.15) is 89.2 Å². The van der Waals surface area contributed by atoms with Crippen LogP contribution in [0.3, 0.4) is 0 Å². The number of ether oxygens (including phenoxy) is 3. The molecule has 5 heterocycles. The number of fused-ring (bicyclic) bond motifs is 2. The highest BCUT2D eigenvalue weighted by atomic mass is 16.6. The molecule has 6 rings (SSSR count). The van der Waals surface area contributed by atoms with E-state index in [4.69, 9.17) is 24.2 Å². The van der Waals surface area contributed by atoms with Gasteiger partial charge in [0.05, 0.1) is 29.6 Å². The number of hydrogen-bond donors (Lipinski definition) is 1. The van der Waals surface area contributed by atoms with Crippen LogP contribution in [0.5, 0.6) is 0 Å². The predicted octanol–water partition coefficient (Wildman–Crippen LogP) is 5.95. The fraction of sp³-hybridized carbons (Fsp3) is 0.622. The number of carbonyl (C=O) groups is 2. The summed E-state index contributed by atoms with van der Waals surface area (Å²) in [5.74, 6) is 1.60. The molecule has 3 aliphatic heterocycles. The van der Waals surface area contributed by atoms with Gasteiger partial charge in [-0.3, -0.25) is 9.78 Å². The number of carbonyl (C=O) groups excluding carboxylic acids is 2. The molecule has 0 spiro atoms. The molecule has 0 saturated carbocycles. The molecule has 11 heteroatoms. The number of pyridine rings is 1. The highest BCUT2D eigenvalue weighted by Crippen LogP contribution is 2.38. The quantitative estimate of drug-likeness (QED) is 0.280. The van der Waals surface area contributed by atoms with Crippen LogP contribution in [0.25, 0.3) is 22.2 Å². The van der Waals surface area contributed by atoms with Crippen molar-refractivity contribution in [3.63, 3.8) is 0 Å². The lowest BCUT2D eigenvalue weighted by Crippen LogP contribution is -2.37. The summed E-state index contributed by atoms with van der Waals surface area (Å²) in [5.41, 5.74) is 6.08. The highest BCUT2D eigenvalue weighted by Gasteiger charge is 2.31. The van der Waals surface area contributed by atoms with Crippen molar-refractivity contribution in [3.8, 4) is 11.3 Å². The van der Waals surface area contributed by atoms with Crippen molar-refractivity contribution < 1.29 is 23.8 Å². The Balaban J connectivity index is 1.11. The summed E-state index contributed by atoms with van der Waals surface area (Å²) >= 11 is 0. The van der Waals surface area contributed by atoms with Crippen LogP contribution in [-0.4, -0.2) is 89.1 Å². The minimum atomic E-state index is -0.483. The van der Waals surface area contributed by atoms with Gasteiger partial charge in [-0.1, -0.05) is 0 Å². The third kappa shape index (κ3) is 7.94. The molecule has 0 bridgehead atoms. The van der Waals surface area contributed by atoms with Gasteiger partial charge in [0.15, 0.2) is 0 Å². The molecular formula is C37H52N6O5. The molecule has 0 unspecified atom stereocenters. The number of benzene rings is 1. The Bertz CT molecular complexity index is 1600. The number of unbranched alkanes of at least 4 members (excludes halogenated alkanes) is 1. The fourth-order valence-electron chi connectivity index (χ4n) is 7.23. The largest absolute Gasteiger partial charge is 0.444 e. The zero-order valence-electron chi connectivity index (χ0n) is 29.3. The lowest BCUT2D eigenvalue weighted by molar-refractivity contribution is -0.130. The van der Waals surface area contributed by atoms with Crippen LogP contribution in [0, 0.1) is 6.92 Å². The van der Waals surface area contributed by atoms with Gasteiger partial charge in [-0.15, -0.1) is 0 Å². The first-order chi connectivity index (χ1) is 23.1. The summed E-state index contributed by atoms with van der Waals surface area (Å²) in [4.78, 5) is 38.8. The minimum Gasteiger partial charge on any atom is -0.444 e. The number of piperidine rings is 1. The summed E-state index contributed by atoms with van der Waals surface area (Å²) in [6.45, 7) is 16.2. The topological polar surface area (TPSA) is 111 Å². The van der Waals surface area contributed by atoms with E-state index in [-0.39, 0.29) is 18.1 Å². The number of rotatable bonds is 9. The molecule has 11 nitrogen and oxygen atoms in total. The van der Waals surface area contributed by atoms with Gasteiger partial charge < -0.3 is 33.9 Å². The molecule has 0 radical (unpaired) electrons. The van der Waals surface area contributed by atoms with Gasteiger partial charge in [-0.05, 0) is 90.0 Å². The third-order valence-corrected chi connectivity index (χ3v) is 9.76. The van der Waals surface area contributed by atoms with E-state index in [9.17, 15) is 9.59 Å². The van der Waals surface area contributed by atoms with Crippen molar-refractivity contribution >= 4 is 28.6 Å². The molecule has 2 fully saturated rings. The van der Waals surface area contributed by atoms with Crippen LogP contribution in [0.2, 0.25) is 0 Å².